The normalized spacial score (nSPS) is 15.4. The molecule has 0 atom stereocenters. The molecule has 0 amide bonds. The summed E-state index contributed by atoms with van der Waals surface area (Å²) in [5.74, 6) is 0.885. The van der Waals surface area contributed by atoms with Crippen LogP contribution in [-0.2, 0) is 12.8 Å². The molecule has 64 valence electrons. The fourth-order valence-corrected chi connectivity index (χ4v) is 1.57. The molecule has 1 N–H and O–H groups in total. The summed E-state index contributed by atoms with van der Waals surface area (Å²) < 4.78 is 0. The molecule has 0 aliphatic heterocycles. The van der Waals surface area contributed by atoms with Gasteiger partial charge in [0, 0.05) is 7.05 Å². The van der Waals surface area contributed by atoms with E-state index in [1.807, 2.05) is 13.2 Å². The lowest BCUT2D eigenvalue weighted by molar-refractivity contribution is 0.650. The van der Waals surface area contributed by atoms with Crippen LogP contribution in [0.25, 0.3) is 0 Å². The number of nitrogens with one attached hydrogen (secondary N) is 1. The van der Waals surface area contributed by atoms with Crippen LogP contribution in [0.2, 0.25) is 0 Å². The first-order chi connectivity index (χ1) is 5.90. The summed E-state index contributed by atoms with van der Waals surface area (Å²) in [6.45, 7) is 0. The lowest BCUT2D eigenvalue weighted by Gasteiger charge is -2.13. The Balaban J connectivity index is 2.36. The summed E-state index contributed by atoms with van der Waals surface area (Å²) in [4.78, 5) is 8.82. The second-order valence-electron chi connectivity index (χ2n) is 3.11. The number of aromatic nitrogens is 2. The highest BCUT2D eigenvalue weighted by Crippen LogP contribution is 2.18. The summed E-state index contributed by atoms with van der Waals surface area (Å²) in [5, 5.41) is 3.00. The van der Waals surface area contributed by atoms with Crippen molar-refractivity contribution >= 4 is 5.82 Å². The maximum absolute atomic E-state index is 4.46. The number of nitrogens with zero attached hydrogens (tertiary/aromatic N) is 2. The quantitative estimate of drug-likeness (QED) is 0.680. The van der Waals surface area contributed by atoms with Crippen molar-refractivity contribution < 1.29 is 0 Å². The molecule has 0 saturated heterocycles. The summed E-state index contributed by atoms with van der Waals surface area (Å²) in [6.07, 6.45) is 6.53. The smallest absolute Gasteiger partial charge is 0.144 e. The van der Waals surface area contributed by atoms with Crippen LogP contribution in [-0.4, -0.2) is 17.0 Å². The van der Waals surface area contributed by atoms with Crippen LogP contribution >= 0.6 is 0 Å². The van der Waals surface area contributed by atoms with Crippen molar-refractivity contribution in [2.45, 2.75) is 25.7 Å². The average molecular weight is 163 g/mol. The Morgan fingerprint density at radius 2 is 2.00 bits per heavy atom. The highest BCUT2D eigenvalue weighted by atomic mass is 15.0. The second-order valence-corrected chi connectivity index (χ2v) is 3.11. The van der Waals surface area contributed by atoms with Crippen molar-refractivity contribution in [2.75, 3.05) is 12.4 Å². The van der Waals surface area contributed by atoms with Gasteiger partial charge in [0.25, 0.3) is 0 Å². The Kier molecular flexibility index (Phi) is 1.94. The molecule has 3 nitrogen and oxygen atoms in total. The van der Waals surface area contributed by atoms with Gasteiger partial charge in [-0.25, -0.2) is 4.98 Å². The summed E-state index contributed by atoms with van der Waals surface area (Å²) in [7, 11) is 1.87. The van der Waals surface area contributed by atoms with Crippen LogP contribution in [0.15, 0.2) is 6.20 Å². The molecule has 1 aliphatic carbocycles. The lowest BCUT2D eigenvalue weighted by atomic mass is 10.0. The van der Waals surface area contributed by atoms with E-state index in [1.54, 1.807) is 0 Å². The topological polar surface area (TPSA) is 37.8 Å². The van der Waals surface area contributed by atoms with Gasteiger partial charge >= 0.3 is 0 Å². The Bertz CT molecular complexity index is 283. The van der Waals surface area contributed by atoms with Gasteiger partial charge < -0.3 is 5.32 Å². The van der Waals surface area contributed by atoms with Crippen LogP contribution in [0.5, 0.6) is 0 Å². The van der Waals surface area contributed by atoms with E-state index in [2.05, 4.69) is 15.3 Å². The zero-order valence-electron chi connectivity index (χ0n) is 7.30. The highest BCUT2D eigenvalue weighted by Gasteiger charge is 2.11. The van der Waals surface area contributed by atoms with E-state index >= 15 is 0 Å². The molecule has 0 aromatic carbocycles. The van der Waals surface area contributed by atoms with Gasteiger partial charge in [0.1, 0.15) is 5.82 Å². The van der Waals surface area contributed by atoms with Gasteiger partial charge in [-0.05, 0) is 25.7 Å². The van der Waals surface area contributed by atoms with Gasteiger partial charge in [0.2, 0.25) is 0 Å². The molecule has 1 aromatic rings. The minimum atomic E-state index is 0.885. The largest absolute Gasteiger partial charge is 0.372 e. The molecule has 0 radical (unpaired) electrons. The maximum Gasteiger partial charge on any atom is 0.144 e. The molecule has 1 aromatic heterocycles. The van der Waals surface area contributed by atoms with Crippen LogP contribution in [0, 0.1) is 0 Å². The van der Waals surface area contributed by atoms with Crippen molar-refractivity contribution in [3.8, 4) is 0 Å². The SMILES string of the molecule is CNc1cnc2c(n1)CCCC2. The molecule has 0 fully saturated rings. The molecule has 0 spiro atoms. The number of anilines is 1. The summed E-state index contributed by atoms with van der Waals surface area (Å²) >= 11 is 0. The third kappa shape index (κ3) is 1.26. The van der Waals surface area contributed by atoms with Crippen molar-refractivity contribution in [1.82, 2.24) is 9.97 Å². The number of hydrogen-bond donors (Lipinski definition) is 1. The van der Waals surface area contributed by atoms with E-state index in [9.17, 15) is 0 Å². The second kappa shape index (κ2) is 3.09. The van der Waals surface area contributed by atoms with Gasteiger partial charge in [-0.3, -0.25) is 4.98 Å². The Morgan fingerprint density at radius 3 is 2.75 bits per heavy atom. The molecule has 1 aliphatic rings. The molecule has 3 heteroatoms. The number of hydrogen-bond acceptors (Lipinski definition) is 3. The van der Waals surface area contributed by atoms with Crippen molar-refractivity contribution in [3.05, 3.63) is 17.6 Å². The van der Waals surface area contributed by atoms with E-state index in [0.29, 0.717) is 0 Å². The number of aryl methyl sites for hydroxylation is 2. The highest BCUT2D eigenvalue weighted by molar-refractivity contribution is 5.33. The van der Waals surface area contributed by atoms with E-state index in [-0.39, 0.29) is 0 Å². The van der Waals surface area contributed by atoms with E-state index in [0.717, 1.165) is 18.7 Å². The van der Waals surface area contributed by atoms with Gasteiger partial charge in [0.05, 0.1) is 17.6 Å². The third-order valence-corrected chi connectivity index (χ3v) is 2.26. The fourth-order valence-electron chi connectivity index (χ4n) is 1.57. The number of fused-ring (bicyclic) bond motifs is 1. The molecule has 0 saturated carbocycles. The van der Waals surface area contributed by atoms with Crippen molar-refractivity contribution in [2.24, 2.45) is 0 Å². The monoisotopic (exact) mass is 163 g/mol. The van der Waals surface area contributed by atoms with Crippen LogP contribution < -0.4 is 5.32 Å². The lowest BCUT2D eigenvalue weighted by Crippen LogP contribution is -2.09. The standard InChI is InChI=1S/C9H13N3/c1-10-9-6-11-7-4-2-3-5-8(7)12-9/h6H,2-5H2,1H3,(H,10,12). The first-order valence-corrected chi connectivity index (χ1v) is 4.42. The average Bonchev–Trinajstić information content (AvgIpc) is 2.17. The molecule has 0 unspecified atom stereocenters. The van der Waals surface area contributed by atoms with Crippen LogP contribution in [0.1, 0.15) is 24.2 Å². The van der Waals surface area contributed by atoms with Crippen LogP contribution in [0.4, 0.5) is 5.82 Å². The fraction of sp³-hybridized carbons (Fsp3) is 0.556. The van der Waals surface area contributed by atoms with Gasteiger partial charge in [0.15, 0.2) is 0 Å². The predicted molar refractivity (Wildman–Crippen MR) is 48.2 cm³/mol. The molecular formula is C9H13N3. The molecule has 2 rings (SSSR count). The Morgan fingerprint density at radius 1 is 1.25 bits per heavy atom. The van der Waals surface area contributed by atoms with Crippen LogP contribution in [0.3, 0.4) is 0 Å². The Hall–Kier alpha value is -1.12. The summed E-state index contributed by atoms with van der Waals surface area (Å²) in [6, 6.07) is 0. The van der Waals surface area contributed by atoms with Gasteiger partial charge in [-0.15, -0.1) is 0 Å². The zero-order chi connectivity index (χ0) is 8.39. The molecule has 0 bridgehead atoms. The van der Waals surface area contributed by atoms with Gasteiger partial charge in [-0.1, -0.05) is 0 Å². The first kappa shape index (κ1) is 7.53. The predicted octanol–water partition coefficient (Wildman–Crippen LogP) is 1.40. The third-order valence-electron chi connectivity index (χ3n) is 2.26. The van der Waals surface area contributed by atoms with E-state index in [1.165, 1.54) is 24.2 Å². The Labute approximate surface area is 72.2 Å². The van der Waals surface area contributed by atoms with Crippen molar-refractivity contribution in [1.29, 1.82) is 0 Å². The van der Waals surface area contributed by atoms with E-state index in [4.69, 9.17) is 0 Å². The molecule has 1 heterocycles. The van der Waals surface area contributed by atoms with Gasteiger partial charge in [-0.2, -0.15) is 0 Å². The minimum Gasteiger partial charge on any atom is -0.372 e. The summed E-state index contributed by atoms with van der Waals surface area (Å²) in [5.41, 5.74) is 2.38. The molecular weight excluding hydrogens is 150 g/mol. The first-order valence-electron chi connectivity index (χ1n) is 4.42. The van der Waals surface area contributed by atoms with Crippen molar-refractivity contribution in [3.63, 3.8) is 0 Å². The minimum absolute atomic E-state index is 0.885. The zero-order valence-corrected chi connectivity index (χ0v) is 7.30. The molecule has 12 heavy (non-hydrogen) atoms. The van der Waals surface area contributed by atoms with E-state index < -0.39 is 0 Å². The number of rotatable bonds is 1. The maximum atomic E-state index is 4.46.